The van der Waals surface area contributed by atoms with Crippen molar-refractivity contribution in [2.45, 2.75) is 45.8 Å². The summed E-state index contributed by atoms with van der Waals surface area (Å²) in [5, 5.41) is 0.671. The van der Waals surface area contributed by atoms with E-state index in [9.17, 15) is 0 Å². The Hall–Kier alpha value is -0.730. The summed E-state index contributed by atoms with van der Waals surface area (Å²) in [5.74, 6) is 2.30. The molecule has 1 aliphatic carbocycles. The largest absolute Gasteiger partial charge is 0.489 e. The van der Waals surface area contributed by atoms with Crippen molar-refractivity contribution in [3.8, 4) is 5.75 Å². The van der Waals surface area contributed by atoms with Crippen LogP contribution in [-0.4, -0.2) is 6.10 Å². The van der Waals surface area contributed by atoms with Gasteiger partial charge in [-0.1, -0.05) is 37.6 Å². The highest BCUT2D eigenvalue weighted by Gasteiger charge is 2.26. The molecule has 1 saturated carbocycles. The molecule has 0 aliphatic heterocycles. The van der Waals surface area contributed by atoms with Gasteiger partial charge in [0.2, 0.25) is 0 Å². The summed E-state index contributed by atoms with van der Waals surface area (Å²) >= 11 is 6.21. The van der Waals surface area contributed by atoms with E-state index in [0.29, 0.717) is 17.5 Å². The Morgan fingerprint density at radius 1 is 1.28 bits per heavy atom. The number of nitrogens with two attached hydrogens (primary N) is 1. The van der Waals surface area contributed by atoms with Crippen LogP contribution in [0.25, 0.3) is 0 Å². The number of rotatable bonds is 3. The first-order valence-electron chi connectivity index (χ1n) is 6.76. The summed E-state index contributed by atoms with van der Waals surface area (Å²) in [5.41, 5.74) is 6.73. The molecule has 1 aliphatic rings. The average molecular weight is 268 g/mol. The van der Waals surface area contributed by atoms with Crippen LogP contribution in [0.1, 0.15) is 38.7 Å². The van der Waals surface area contributed by atoms with Gasteiger partial charge < -0.3 is 10.5 Å². The molecule has 2 nitrogen and oxygen atoms in total. The van der Waals surface area contributed by atoms with E-state index >= 15 is 0 Å². The monoisotopic (exact) mass is 267 g/mol. The molecule has 0 saturated heterocycles. The first-order chi connectivity index (χ1) is 8.61. The molecule has 0 radical (unpaired) electrons. The molecule has 3 unspecified atom stereocenters. The first kappa shape index (κ1) is 13.7. The van der Waals surface area contributed by atoms with E-state index in [1.807, 2.05) is 18.2 Å². The van der Waals surface area contributed by atoms with Crippen LogP contribution < -0.4 is 10.5 Å². The smallest absolute Gasteiger partial charge is 0.142 e. The molecular formula is C15H22ClNO. The first-order valence-corrected chi connectivity index (χ1v) is 7.13. The molecule has 0 spiro atoms. The van der Waals surface area contributed by atoms with Crippen LogP contribution in [0, 0.1) is 11.8 Å². The summed E-state index contributed by atoms with van der Waals surface area (Å²) in [6.45, 7) is 5.09. The lowest BCUT2D eigenvalue weighted by atomic mass is 9.80. The van der Waals surface area contributed by atoms with Crippen LogP contribution in [0.3, 0.4) is 0 Å². The number of benzene rings is 1. The van der Waals surface area contributed by atoms with Crippen LogP contribution in [-0.2, 0) is 6.54 Å². The zero-order valence-corrected chi connectivity index (χ0v) is 11.9. The van der Waals surface area contributed by atoms with Gasteiger partial charge in [0.1, 0.15) is 5.75 Å². The Morgan fingerprint density at radius 3 is 2.72 bits per heavy atom. The molecule has 0 heterocycles. The minimum absolute atomic E-state index is 0.279. The zero-order chi connectivity index (χ0) is 13.1. The zero-order valence-electron chi connectivity index (χ0n) is 11.2. The Morgan fingerprint density at radius 2 is 2.06 bits per heavy atom. The lowest BCUT2D eigenvalue weighted by molar-refractivity contribution is 0.0998. The van der Waals surface area contributed by atoms with Gasteiger partial charge in [0.05, 0.1) is 11.1 Å². The second-order valence-electron chi connectivity index (χ2n) is 5.44. The molecule has 0 aromatic heterocycles. The predicted molar refractivity (Wildman–Crippen MR) is 75.9 cm³/mol. The van der Waals surface area contributed by atoms with Crippen LogP contribution in [0.15, 0.2) is 18.2 Å². The van der Waals surface area contributed by atoms with Crippen LogP contribution in [0.2, 0.25) is 5.02 Å². The van der Waals surface area contributed by atoms with Crippen molar-refractivity contribution in [2.75, 3.05) is 0 Å². The molecule has 3 heteroatoms. The third kappa shape index (κ3) is 2.99. The van der Waals surface area contributed by atoms with Crippen molar-refractivity contribution >= 4 is 11.6 Å². The quantitative estimate of drug-likeness (QED) is 0.898. The minimum atomic E-state index is 0.279. The molecule has 1 fully saturated rings. The topological polar surface area (TPSA) is 35.2 Å². The Kier molecular flexibility index (Phi) is 4.52. The SMILES string of the molecule is CC1CCC(Oc2c(Cl)cccc2CN)CC1C. The number of ether oxygens (including phenoxy) is 1. The van der Waals surface area contributed by atoms with Gasteiger partial charge in [0.25, 0.3) is 0 Å². The second-order valence-corrected chi connectivity index (χ2v) is 5.85. The minimum Gasteiger partial charge on any atom is -0.489 e. The molecule has 3 atom stereocenters. The van der Waals surface area contributed by atoms with Gasteiger partial charge in [-0.3, -0.25) is 0 Å². The van der Waals surface area contributed by atoms with Crippen molar-refractivity contribution in [2.24, 2.45) is 17.6 Å². The fraction of sp³-hybridized carbons (Fsp3) is 0.600. The van der Waals surface area contributed by atoms with E-state index in [1.54, 1.807) is 0 Å². The summed E-state index contributed by atoms with van der Waals surface area (Å²) in [6.07, 6.45) is 3.73. The van der Waals surface area contributed by atoms with E-state index in [1.165, 1.54) is 6.42 Å². The van der Waals surface area contributed by atoms with E-state index in [0.717, 1.165) is 30.1 Å². The van der Waals surface area contributed by atoms with Crippen LogP contribution in [0.4, 0.5) is 0 Å². The van der Waals surface area contributed by atoms with E-state index in [-0.39, 0.29) is 6.10 Å². The molecule has 0 bridgehead atoms. The van der Waals surface area contributed by atoms with Crippen molar-refractivity contribution in [1.29, 1.82) is 0 Å². The highest BCUT2D eigenvalue weighted by atomic mass is 35.5. The molecule has 18 heavy (non-hydrogen) atoms. The van der Waals surface area contributed by atoms with Gasteiger partial charge in [-0.2, -0.15) is 0 Å². The Balaban J connectivity index is 2.10. The average Bonchev–Trinajstić information content (AvgIpc) is 2.36. The summed E-state index contributed by atoms with van der Waals surface area (Å²) in [6, 6.07) is 5.77. The van der Waals surface area contributed by atoms with Gasteiger partial charge in [-0.15, -0.1) is 0 Å². The normalized spacial score (nSPS) is 28.1. The second kappa shape index (κ2) is 5.94. The molecule has 2 rings (SSSR count). The maximum atomic E-state index is 6.21. The van der Waals surface area contributed by atoms with Crippen molar-refractivity contribution < 1.29 is 4.74 Å². The summed E-state index contributed by atoms with van der Waals surface area (Å²) in [4.78, 5) is 0. The molecule has 1 aromatic rings. The Labute approximate surface area is 114 Å². The lowest BCUT2D eigenvalue weighted by Crippen LogP contribution is -2.29. The van der Waals surface area contributed by atoms with Gasteiger partial charge in [-0.25, -0.2) is 0 Å². The predicted octanol–water partition coefficient (Wildman–Crippen LogP) is 4.00. The maximum absolute atomic E-state index is 6.21. The van der Waals surface area contributed by atoms with E-state index in [2.05, 4.69) is 13.8 Å². The molecule has 0 amide bonds. The van der Waals surface area contributed by atoms with Gasteiger partial charge >= 0.3 is 0 Å². The van der Waals surface area contributed by atoms with Gasteiger partial charge in [-0.05, 0) is 37.2 Å². The number of hydrogen-bond donors (Lipinski definition) is 1. The van der Waals surface area contributed by atoms with E-state index in [4.69, 9.17) is 22.1 Å². The van der Waals surface area contributed by atoms with Crippen LogP contribution in [0.5, 0.6) is 5.75 Å². The van der Waals surface area contributed by atoms with Crippen molar-refractivity contribution in [3.05, 3.63) is 28.8 Å². The molecular weight excluding hydrogens is 246 g/mol. The number of hydrogen-bond acceptors (Lipinski definition) is 2. The van der Waals surface area contributed by atoms with Gasteiger partial charge in [0, 0.05) is 12.1 Å². The van der Waals surface area contributed by atoms with Crippen LogP contribution >= 0.6 is 11.6 Å². The fourth-order valence-corrected chi connectivity index (χ4v) is 2.86. The highest BCUT2D eigenvalue weighted by molar-refractivity contribution is 6.32. The van der Waals surface area contributed by atoms with Crippen molar-refractivity contribution in [3.63, 3.8) is 0 Å². The molecule has 2 N–H and O–H groups in total. The van der Waals surface area contributed by atoms with Crippen molar-refractivity contribution in [1.82, 2.24) is 0 Å². The lowest BCUT2D eigenvalue weighted by Gasteiger charge is -2.32. The fourth-order valence-electron chi connectivity index (χ4n) is 2.62. The number of halogens is 1. The standard InChI is InChI=1S/C15H22ClNO/c1-10-6-7-13(8-11(10)2)18-15-12(9-17)4-3-5-14(15)16/h3-5,10-11,13H,6-9,17H2,1-2H3. The maximum Gasteiger partial charge on any atom is 0.142 e. The third-order valence-corrected chi connectivity index (χ3v) is 4.40. The summed E-state index contributed by atoms with van der Waals surface area (Å²) in [7, 11) is 0. The highest BCUT2D eigenvalue weighted by Crippen LogP contribution is 2.35. The summed E-state index contributed by atoms with van der Waals surface area (Å²) < 4.78 is 6.11. The molecule has 100 valence electrons. The third-order valence-electron chi connectivity index (χ3n) is 4.10. The van der Waals surface area contributed by atoms with E-state index < -0.39 is 0 Å². The number of para-hydroxylation sites is 1. The van der Waals surface area contributed by atoms with Gasteiger partial charge in [0.15, 0.2) is 0 Å². The Bertz CT molecular complexity index is 407. The molecule has 1 aromatic carbocycles.